The van der Waals surface area contributed by atoms with Crippen molar-refractivity contribution < 1.29 is 13.5 Å². The molecule has 1 aromatic carbocycles. The summed E-state index contributed by atoms with van der Waals surface area (Å²) in [4.78, 5) is 0.122. The van der Waals surface area contributed by atoms with E-state index in [2.05, 4.69) is 6.58 Å². The monoisotopic (exact) mass is 303 g/mol. The van der Waals surface area contributed by atoms with Crippen LogP contribution in [-0.4, -0.2) is 30.4 Å². The van der Waals surface area contributed by atoms with E-state index in [1.165, 1.54) is 22.5 Å². The van der Waals surface area contributed by atoms with E-state index in [1.807, 2.05) is 0 Å². The molecule has 1 rings (SSSR count). The third kappa shape index (κ3) is 3.57. The van der Waals surface area contributed by atoms with Crippen molar-refractivity contribution in [1.29, 1.82) is 0 Å². The smallest absolute Gasteiger partial charge is 0.243 e. The highest BCUT2D eigenvalue weighted by molar-refractivity contribution is 7.89. The molecule has 0 radical (unpaired) electrons. The third-order valence-corrected chi connectivity index (χ3v) is 5.09. The minimum absolute atomic E-state index is 0.122. The van der Waals surface area contributed by atoms with Gasteiger partial charge in [0.05, 0.1) is 11.5 Å². The van der Waals surface area contributed by atoms with Gasteiger partial charge in [-0.25, -0.2) is 8.42 Å². The summed E-state index contributed by atoms with van der Waals surface area (Å²) in [7, 11) is -3.62. The van der Waals surface area contributed by atoms with Gasteiger partial charge >= 0.3 is 0 Å². The van der Waals surface area contributed by atoms with Gasteiger partial charge in [-0.05, 0) is 37.6 Å². The van der Waals surface area contributed by atoms with Gasteiger partial charge < -0.3 is 5.11 Å². The molecule has 0 amide bonds. The lowest BCUT2D eigenvalue weighted by Crippen LogP contribution is -2.37. The van der Waals surface area contributed by atoms with Crippen LogP contribution in [0.1, 0.15) is 19.4 Å². The first-order valence-corrected chi connectivity index (χ1v) is 7.68. The van der Waals surface area contributed by atoms with Gasteiger partial charge in [0, 0.05) is 17.6 Å². The zero-order valence-corrected chi connectivity index (χ0v) is 12.6. The number of nitrogens with zero attached hydrogens (tertiary/aromatic N) is 1. The first-order valence-electron chi connectivity index (χ1n) is 5.86. The molecule has 0 atom stereocenters. The van der Waals surface area contributed by atoms with E-state index in [9.17, 15) is 8.42 Å². The summed E-state index contributed by atoms with van der Waals surface area (Å²) in [6, 6.07) is 4.13. The Morgan fingerprint density at radius 3 is 2.58 bits per heavy atom. The molecule has 0 fully saturated rings. The van der Waals surface area contributed by atoms with Crippen LogP contribution < -0.4 is 0 Å². The van der Waals surface area contributed by atoms with Gasteiger partial charge in [-0.15, -0.1) is 6.58 Å². The Morgan fingerprint density at radius 1 is 1.47 bits per heavy atom. The molecule has 0 aliphatic heterocycles. The highest BCUT2D eigenvalue weighted by Crippen LogP contribution is 2.24. The largest absolute Gasteiger partial charge is 0.392 e. The summed E-state index contributed by atoms with van der Waals surface area (Å²) >= 11 is 5.87. The average Bonchev–Trinajstić information content (AvgIpc) is 2.35. The number of hydrogen-bond acceptors (Lipinski definition) is 3. The number of halogens is 1. The summed E-state index contributed by atoms with van der Waals surface area (Å²) in [5.41, 5.74) is 0.394. The second-order valence-corrected chi connectivity index (χ2v) is 6.67. The predicted molar refractivity (Wildman–Crippen MR) is 76.6 cm³/mol. The summed E-state index contributed by atoms with van der Waals surface area (Å²) in [6.45, 7) is 7.09. The van der Waals surface area contributed by atoms with Gasteiger partial charge in [-0.2, -0.15) is 4.31 Å². The zero-order chi connectivity index (χ0) is 14.6. The Balaban J connectivity index is 3.29. The first kappa shape index (κ1) is 16.2. The van der Waals surface area contributed by atoms with Crippen molar-refractivity contribution in [1.82, 2.24) is 4.31 Å². The topological polar surface area (TPSA) is 57.6 Å². The molecule has 1 N–H and O–H groups in total. The van der Waals surface area contributed by atoms with E-state index in [4.69, 9.17) is 16.7 Å². The van der Waals surface area contributed by atoms with Crippen molar-refractivity contribution in [3.8, 4) is 0 Å². The Labute approximate surface area is 119 Å². The Kier molecular flexibility index (Phi) is 5.55. The molecular weight excluding hydrogens is 286 g/mol. The number of rotatable bonds is 6. The molecule has 0 aromatic heterocycles. The summed E-state index contributed by atoms with van der Waals surface area (Å²) in [6.07, 6.45) is 1.54. The van der Waals surface area contributed by atoms with E-state index < -0.39 is 10.0 Å². The van der Waals surface area contributed by atoms with E-state index in [0.717, 1.165) is 0 Å². The van der Waals surface area contributed by atoms with Crippen molar-refractivity contribution in [3.05, 3.63) is 41.4 Å². The van der Waals surface area contributed by atoms with Gasteiger partial charge in [0.1, 0.15) is 0 Å². The molecule has 0 bridgehead atoms. The molecule has 0 aliphatic rings. The zero-order valence-electron chi connectivity index (χ0n) is 11.0. The van der Waals surface area contributed by atoms with Crippen molar-refractivity contribution in [2.24, 2.45) is 0 Å². The van der Waals surface area contributed by atoms with Crippen molar-refractivity contribution >= 4 is 21.6 Å². The fourth-order valence-electron chi connectivity index (χ4n) is 1.68. The molecule has 0 saturated carbocycles. The molecule has 19 heavy (non-hydrogen) atoms. The maximum Gasteiger partial charge on any atom is 0.243 e. The average molecular weight is 304 g/mol. The minimum Gasteiger partial charge on any atom is -0.392 e. The quantitative estimate of drug-likeness (QED) is 0.821. The molecule has 0 heterocycles. The van der Waals surface area contributed by atoms with E-state index in [0.29, 0.717) is 10.6 Å². The fourth-order valence-corrected chi connectivity index (χ4v) is 3.52. The molecule has 0 unspecified atom stereocenters. The van der Waals surface area contributed by atoms with Crippen LogP contribution in [0.2, 0.25) is 5.02 Å². The van der Waals surface area contributed by atoms with Crippen LogP contribution in [0.5, 0.6) is 0 Å². The van der Waals surface area contributed by atoms with Crippen molar-refractivity contribution in [2.75, 3.05) is 6.54 Å². The van der Waals surface area contributed by atoms with Gasteiger partial charge in [-0.1, -0.05) is 17.7 Å². The lowest BCUT2D eigenvalue weighted by Gasteiger charge is -2.24. The molecule has 0 saturated heterocycles. The first-order chi connectivity index (χ1) is 8.84. The SMILES string of the molecule is C=CCN(C(C)C)S(=O)(=O)c1ccc(Cl)c(CO)c1. The second-order valence-electron chi connectivity index (χ2n) is 4.37. The molecule has 4 nitrogen and oxygen atoms in total. The summed E-state index contributed by atoms with van der Waals surface area (Å²) < 4.78 is 26.3. The van der Waals surface area contributed by atoms with Crippen LogP contribution in [0.3, 0.4) is 0 Å². The van der Waals surface area contributed by atoms with Crippen LogP contribution in [0.25, 0.3) is 0 Å². The third-order valence-electron chi connectivity index (χ3n) is 2.68. The molecule has 1 aromatic rings. The summed E-state index contributed by atoms with van der Waals surface area (Å²) in [5, 5.41) is 9.50. The molecule has 0 aliphatic carbocycles. The van der Waals surface area contributed by atoms with E-state index in [-0.39, 0.29) is 24.1 Å². The predicted octanol–water partition coefficient (Wildman–Crippen LogP) is 2.42. The number of sulfonamides is 1. The van der Waals surface area contributed by atoms with Crippen LogP contribution >= 0.6 is 11.6 Å². The Bertz CT molecular complexity index is 555. The normalized spacial score (nSPS) is 12.1. The second kappa shape index (κ2) is 6.52. The minimum atomic E-state index is -3.62. The molecule has 106 valence electrons. The van der Waals surface area contributed by atoms with Gasteiger partial charge in [0.15, 0.2) is 0 Å². The van der Waals surface area contributed by atoms with Crippen LogP contribution in [-0.2, 0) is 16.6 Å². The highest BCUT2D eigenvalue weighted by atomic mass is 35.5. The fraction of sp³-hybridized carbons (Fsp3) is 0.385. The molecular formula is C13H18ClNO3S. The van der Waals surface area contributed by atoms with Crippen molar-refractivity contribution in [2.45, 2.75) is 31.4 Å². The highest BCUT2D eigenvalue weighted by Gasteiger charge is 2.26. The maximum absolute atomic E-state index is 12.5. The maximum atomic E-state index is 12.5. The van der Waals surface area contributed by atoms with Gasteiger partial charge in [0.2, 0.25) is 10.0 Å². The lowest BCUT2D eigenvalue weighted by molar-refractivity contribution is 0.281. The lowest BCUT2D eigenvalue weighted by atomic mass is 10.2. The van der Waals surface area contributed by atoms with Gasteiger partial charge in [-0.3, -0.25) is 0 Å². The van der Waals surface area contributed by atoms with Crippen LogP contribution in [0.4, 0.5) is 0 Å². The summed E-state index contributed by atoms with van der Waals surface area (Å²) in [5.74, 6) is 0. The van der Waals surface area contributed by atoms with E-state index in [1.54, 1.807) is 19.9 Å². The number of benzene rings is 1. The van der Waals surface area contributed by atoms with Gasteiger partial charge in [0.25, 0.3) is 0 Å². The van der Waals surface area contributed by atoms with Crippen LogP contribution in [0, 0.1) is 0 Å². The number of hydrogen-bond donors (Lipinski definition) is 1. The van der Waals surface area contributed by atoms with Crippen LogP contribution in [0.15, 0.2) is 35.7 Å². The number of aliphatic hydroxyl groups is 1. The Morgan fingerprint density at radius 2 is 2.11 bits per heavy atom. The Hall–Kier alpha value is -0.880. The number of aliphatic hydroxyl groups excluding tert-OH is 1. The van der Waals surface area contributed by atoms with E-state index >= 15 is 0 Å². The molecule has 0 spiro atoms. The molecule has 6 heteroatoms. The standard InChI is InChI=1S/C13H18ClNO3S/c1-4-7-15(10(2)3)19(17,18)12-5-6-13(14)11(8-12)9-16/h4-6,8,10,16H,1,7,9H2,2-3H3. The van der Waals surface area contributed by atoms with Crippen molar-refractivity contribution in [3.63, 3.8) is 0 Å².